The van der Waals surface area contributed by atoms with Gasteiger partial charge in [-0.25, -0.2) is 0 Å². The topological polar surface area (TPSA) is 29.1 Å². The van der Waals surface area contributed by atoms with Gasteiger partial charge < -0.3 is 5.32 Å². The van der Waals surface area contributed by atoms with Gasteiger partial charge in [-0.15, -0.1) is 0 Å². The number of rotatable bonds is 3. The normalized spacial score (nSPS) is 12.2. The Morgan fingerprint density at radius 3 is 2.50 bits per heavy atom. The van der Waals surface area contributed by atoms with Crippen molar-refractivity contribution in [2.24, 2.45) is 0 Å². The largest absolute Gasteiger partial charge is 0.349 e. The Balaban J connectivity index is 2.65. The van der Waals surface area contributed by atoms with Crippen molar-refractivity contribution in [3.63, 3.8) is 0 Å². The molecular formula is C11H15NOS. The molecule has 1 aromatic rings. The molecule has 1 atom stereocenters. The van der Waals surface area contributed by atoms with E-state index < -0.39 is 0 Å². The Kier molecular flexibility index (Phi) is 4.01. The van der Waals surface area contributed by atoms with Crippen LogP contribution in [0, 0.1) is 6.92 Å². The minimum atomic E-state index is -0.0404. The third-order valence-corrected chi connectivity index (χ3v) is 2.39. The highest BCUT2D eigenvalue weighted by atomic mass is 32.1. The van der Waals surface area contributed by atoms with E-state index in [1.165, 1.54) is 5.56 Å². The fourth-order valence-corrected chi connectivity index (χ4v) is 1.32. The molecule has 0 aliphatic heterocycles. The first-order chi connectivity index (χ1) is 6.63. The number of aryl methyl sites for hydroxylation is 1. The maximum atomic E-state index is 11.1. The molecule has 1 N–H and O–H groups in total. The lowest BCUT2D eigenvalue weighted by Gasteiger charge is -2.13. The lowest BCUT2D eigenvalue weighted by atomic mass is 10.1. The molecule has 0 unspecified atom stereocenters. The van der Waals surface area contributed by atoms with Crippen molar-refractivity contribution in [2.75, 3.05) is 5.75 Å². The fraction of sp³-hybridized carbons (Fsp3) is 0.364. The van der Waals surface area contributed by atoms with E-state index >= 15 is 0 Å². The molecule has 76 valence electrons. The van der Waals surface area contributed by atoms with Gasteiger partial charge in [-0.1, -0.05) is 29.8 Å². The lowest BCUT2D eigenvalue weighted by Crippen LogP contribution is -2.27. The monoisotopic (exact) mass is 209 g/mol. The van der Waals surface area contributed by atoms with Crippen LogP contribution < -0.4 is 5.32 Å². The number of hydrogen-bond acceptors (Lipinski definition) is 2. The zero-order valence-electron chi connectivity index (χ0n) is 8.45. The quantitative estimate of drug-likeness (QED) is 0.733. The van der Waals surface area contributed by atoms with Crippen LogP contribution in [0.15, 0.2) is 24.3 Å². The van der Waals surface area contributed by atoms with Crippen LogP contribution in [-0.4, -0.2) is 11.7 Å². The van der Waals surface area contributed by atoms with Gasteiger partial charge in [0.05, 0.1) is 11.8 Å². The number of thiol groups is 1. The Morgan fingerprint density at radius 1 is 1.43 bits per heavy atom. The maximum Gasteiger partial charge on any atom is 0.230 e. The molecule has 0 saturated carbocycles. The SMILES string of the molecule is Cc1ccc([C@@H](C)NC(=O)CS)cc1. The number of hydrogen-bond donors (Lipinski definition) is 2. The maximum absolute atomic E-state index is 11.1. The highest BCUT2D eigenvalue weighted by Crippen LogP contribution is 2.12. The summed E-state index contributed by atoms with van der Waals surface area (Å²) in [7, 11) is 0. The average molecular weight is 209 g/mol. The Labute approximate surface area is 90.1 Å². The van der Waals surface area contributed by atoms with E-state index in [-0.39, 0.29) is 17.7 Å². The van der Waals surface area contributed by atoms with Crippen molar-refractivity contribution < 1.29 is 4.79 Å². The van der Waals surface area contributed by atoms with Gasteiger partial charge in [0.25, 0.3) is 0 Å². The van der Waals surface area contributed by atoms with E-state index in [9.17, 15) is 4.79 Å². The highest BCUT2D eigenvalue weighted by molar-refractivity contribution is 7.81. The Morgan fingerprint density at radius 2 is 2.00 bits per heavy atom. The second kappa shape index (κ2) is 5.05. The molecule has 2 nitrogen and oxygen atoms in total. The van der Waals surface area contributed by atoms with Crippen LogP contribution in [0.3, 0.4) is 0 Å². The van der Waals surface area contributed by atoms with Crippen LogP contribution in [0.25, 0.3) is 0 Å². The van der Waals surface area contributed by atoms with E-state index in [0.29, 0.717) is 0 Å². The molecule has 0 bridgehead atoms. The second-order valence-electron chi connectivity index (χ2n) is 3.36. The summed E-state index contributed by atoms with van der Waals surface area (Å²) in [6, 6.07) is 8.19. The summed E-state index contributed by atoms with van der Waals surface area (Å²) < 4.78 is 0. The smallest absolute Gasteiger partial charge is 0.230 e. The molecule has 0 aliphatic carbocycles. The zero-order chi connectivity index (χ0) is 10.6. The standard InChI is InChI=1S/C11H15NOS/c1-8-3-5-10(6-4-8)9(2)12-11(13)7-14/h3-6,9,14H,7H2,1-2H3,(H,12,13)/t9-/m1/s1. The number of nitrogens with one attached hydrogen (secondary N) is 1. The number of amides is 1. The summed E-state index contributed by atoms with van der Waals surface area (Å²) in [5.41, 5.74) is 2.34. The fourth-order valence-electron chi connectivity index (χ4n) is 1.23. The highest BCUT2D eigenvalue weighted by Gasteiger charge is 2.07. The minimum Gasteiger partial charge on any atom is -0.349 e. The van der Waals surface area contributed by atoms with Gasteiger partial charge in [-0.2, -0.15) is 12.6 Å². The summed E-state index contributed by atoms with van der Waals surface area (Å²) in [6.07, 6.45) is 0. The molecule has 1 rings (SSSR count). The number of carbonyl (C=O) groups excluding carboxylic acids is 1. The van der Waals surface area contributed by atoms with Crippen molar-refractivity contribution in [1.29, 1.82) is 0 Å². The van der Waals surface area contributed by atoms with Crippen LogP contribution in [0.1, 0.15) is 24.1 Å². The molecule has 0 radical (unpaired) electrons. The first-order valence-corrected chi connectivity index (χ1v) is 5.23. The predicted octanol–water partition coefficient (Wildman–Crippen LogP) is 2.10. The second-order valence-corrected chi connectivity index (χ2v) is 3.67. The van der Waals surface area contributed by atoms with E-state index in [2.05, 4.69) is 17.9 Å². The minimum absolute atomic E-state index is 0.0404. The van der Waals surface area contributed by atoms with Gasteiger partial charge >= 0.3 is 0 Å². The van der Waals surface area contributed by atoms with Gasteiger partial charge in [0.15, 0.2) is 0 Å². The molecule has 1 amide bonds. The van der Waals surface area contributed by atoms with Crippen molar-refractivity contribution in [3.05, 3.63) is 35.4 Å². The predicted molar refractivity (Wildman–Crippen MR) is 61.6 cm³/mol. The molecule has 14 heavy (non-hydrogen) atoms. The lowest BCUT2D eigenvalue weighted by molar-refractivity contribution is -0.119. The summed E-state index contributed by atoms with van der Waals surface area (Å²) in [5, 5.41) is 2.85. The molecule has 0 saturated heterocycles. The summed E-state index contributed by atoms with van der Waals surface area (Å²) in [6.45, 7) is 4.01. The Hall–Kier alpha value is -0.960. The van der Waals surface area contributed by atoms with Crippen LogP contribution in [0.5, 0.6) is 0 Å². The van der Waals surface area contributed by atoms with E-state index in [1.54, 1.807) is 0 Å². The zero-order valence-corrected chi connectivity index (χ0v) is 9.34. The van der Waals surface area contributed by atoms with Gasteiger partial charge in [0, 0.05) is 0 Å². The molecule has 0 fully saturated rings. The van der Waals surface area contributed by atoms with Gasteiger partial charge in [-0.05, 0) is 19.4 Å². The summed E-state index contributed by atoms with van der Waals surface area (Å²) in [5.74, 6) is 0.192. The van der Waals surface area contributed by atoms with Gasteiger partial charge in [0.2, 0.25) is 5.91 Å². The van der Waals surface area contributed by atoms with Crippen molar-refractivity contribution >= 4 is 18.5 Å². The van der Waals surface area contributed by atoms with Crippen LogP contribution in [0.4, 0.5) is 0 Å². The van der Waals surface area contributed by atoms with Crippen molar-refractivity contribution in [3.8, 4) is 0 Å². The van der Waals surface area contributed by atoms with Gasteiger partial charge in [-0.3, -0.25) is 4.79 Å². The first-order valence-electron chi connectivity index (χ1n) is 4.60. The average Bonchev–Trinajstić information content (AvgIpc) is 2.18. The number of benzene rings is 1. The van der Waals surface area contributed by atoms with Crippen molar-refractivity contribution in [2.45, 2.75) is 19.9 Å². The molecule has 0 aliphatic rings. The molecule has 0 aromatic heterocycles. The Bertz CT molecular complexity index is 308. The molecule has 0 heterocycles. The third-order valence-electron chi connectivity index (χ3n) is 2.10. The van der Waals surface area contributed by atoms with E-state index in [4.69, 9.17) is 0 Å². The molecular weight excluding hydrogens is 194 g/mol. The summed E-state index contributed by atoms with van der Waals surface area (Å²) in [4.78, 5) is 11.1. The van der Waals surface area contributed by atoms with Gasteiger partial charge in [0.1, 0.15) is 0 Å². The summed E-state index contributed by atoms with van der Waals surface area (Å²) >= 11 is 3.91. The molecule has 3 heteroatoms. The van der Waals surface area contributed by atoms with Crippen LogP contribution in [-0.2, 0) is 4.79 Å². The molecule has 0 spiro atoms. The number of carbonyl (C=O) groups is 1. The molecule has 1 aromatic carbocycles. The first kappa shape index (κ1) is 11.1. The van der Waals surface area contributed by atoms with Crippen LogP contribution >= 0.6 is 12.6 Å². The van der Waals surface area contributed by atoms with E-state index in [1.807, 2.05) is 38.1 Å². The van der Waals surface area contributed by atoms with E-state index in [0.717, 1.165) is 5.56 Å². The van der Waals surface area contributed by atoms with Crippen molar-refractivity contribution in [1.82, 2.24) is 5.32 Å². The third kappa shape index (κ3) is 3.07. The van der Waals surface area contributed by atoms with Crippen LogP contribution in [0.2, 0.25) is 0 Å².